The number of nitrogens with zero attached hydrogens (tertiary/aromatic N) is 1. The molecule has 25 heavy (non-hydrogen) atoms. The highest BCUT2D eigenvalue weighted by Gasteiger charge is 2.12. The van der Waals surface area contributed by atoms with Crippen molar-refractivity contribution in [1.82, 2.24) is 0 Å². The molecule has 0 saturated carbocycles. The highest BCUT2D eigenvalue weighted by atomic mass is 32.2. The molecule has 2 N–H and O–H groups in total. The van der Waals surface area contributed by atoms with Crippen LogP contribution in [0, 0.1) is 6.92 Å². The molecule has 0 spiro atoms. The van der Waals surface area contributed by atoms with Crippen molar-refractivity contribution < 1.29 is 4.79 Å². The van der Waals surface area contributed by atoms with Crippen LogP contribution in [0.25, 0.3) is 0 Å². The van der Waals surface area contributed by atoms with Crippen molar-refractivity contribution in [1.29, 1.82) is 0 Å². The Hall–Kier alpha value is -2.14. The van der Waals surface area contributed by atoms with Crippen LogP contribution in [0.4, 0.5) is 17.1 Å². The quantitative estimate of drug-likeness (QED) is 0.764. The maximum atomic E-state index is 12.5. The third kappa shape index (κ3) is 4.48. The van der Waals surface area contributed by atoms with Crippen molar-refractivity contribution in [3.63, 3.8) is 0 Å². The van der Waals surface area contributed by atoms with E-state index in [1.165, 1.54) is 30.7 Å². The third-order valence-corrected chi connectivity index (χ3v) is 5.61. The van der Waals surface area contributed by atoms with E-state index in [0.29, 0.717) is 5.56 Å². The van der Waals surface area contributed by atoms with Crippen LogP contribution in [0.2, 0.25) is 0 Å². The van der Waals surface area contributed by atoms with Crippen LogP contribution in [-0.4, -0.2) is 25.3 Å². The second-order valence-electron chi connectivity index (χ2n) is 6.28. The molecule has 2 aromatic rings. The summed E-state index contributed by atoms with van der Waals surface area (Å²) in [5, 5.41) is 6.11. The van der Waals surface area contributed by atoms with E-state index in [-0.39, 0.29) is 5.91 Å². The fourth-order valence-electron chi connectivity index (χ4n) is 2.93. The highest BCUT2D eigenvalue weighted by molar-refractivity contribution is 8.00. The summed E-state index contributed by atoms with van der Waals surface area (Å²) in [4.78, 5) is 12.5. The van der Waals surface area contributed by atoms with Crippen LogP contribution >= 0.6 is 11.9 Å². The molecule has 1 heterocycles. The van der Waals surface area contributed by atoms with E-state index >= 15 is 0 Å². The van der Waals surface area contributed by atoms with Gasteiger partial charge in [-0.25, -0.2) is 0 Å². The molecule has 4 nitrogen and oxygen atoms in total. The van der Waals surface area contributed by atoms with Crippen LogP contribution in [-0.2, 0) is 0 Å². The maximum absolute atomic E-state index is 12.5. The lowest BCUT2D eigenvalue weighted by molar-refractivity contribution is 0.102. The molecule has 1 amide bonds. The lowest BCUT2D eigenvalue weighted by atomic mass is 10.1. The van der Waals surface area contributed by atoms with Gasteiger partial charge < -0.3 is 14.9 Å². The number of benzene rings is 2. The molecule has 0 unspecified atom stereocenters. The van der Waals surface area contributed by atoms with E-state index in [1.54, 1.807) is 0 Å². The summed E-state index contributed by atoms with van der Waals surface area (Å²) in [5.41, 5.74) is 4.82. The number of nitrogens with one attached hydrogen (secondary N) is 2. The molecule has 0 atom stereocenters. The van der Waals surface area contributed by atoms with E-state index in [1.807, 2.05) is 68.4 Å². The molecule has 5 heteroatoms. The van der Waals surface area contributed by atoms with Crippen LogP contribution in [0.15, 0.2) is 42.5 Å². The maximum Gasteiger partial charge on any atom is 0.255 e. The molecule has 132 valence electrons. The van der Waals surface area contributed by atoms with Gasteiger partial charge in [-0.05, 0) is 73.7 Å². The van der Waals surface area contributed by atoms with E-state index in [0.717, 1.165) is 23.5 Å². The molecule has 0 radical (unpaired) electrons. The Labute approximate surface area is 154 Å². The minimum Gasteiger partial charge on any atom is -0.388 e. The SMILES string of the molecule is CNc1cc(NC(=O)c2ccc(N3CCCCCS3)cc2)ccc1C. The van der Waals surface area contributed by atoms with Gasteiger partial charge in [-0.2, -0.15) is 0 Å². The first-order valence-corrected chi connectivity index (χ1v) is 9.72. The summed E-state index contributed by atoms with van der Waals surface area (Å²) in [6.45, 7) is 3.11. The smallest absolute Gasteiger partial charge is 0.255 e. The molecule has 0 aliphatic carbocycles. The van der Waals surface area contributed by atoms with Crippen molar-refractivity contribution in [2.24, 2.45) is 0 Å². The van der Waals surface area contributed by atoms with Crippen LogP contribution < -0.4 is 14.9 Å². The fourth-order valence-corrected chi connectivity index (χ4v) is 4.01. The van der Waals surface area contributed by atoms with Crippen molar-refractivity contribution in [2.45, 2.75) is 26.2 Å². The molecule has 2 aromatic carbocycles. The first-order chi connectivity index (χ1) is 12.2. The Morgan fingerprint density at radius 2 is 1.88 bits per heavy atom. The normalized spacial score (nSPS) is 14.7. The van der Waals surface area contributed by atoms with Gasteiger partial charge in [0.05, 0.1) is 0 Å². The number of hydrogen-bond acceptors (Lipinski definition) is 4. The molecule has 1 aliphatic rings. The first kappa shape index (κ1) is 17.7. The largest absolute Gasteiger partial charge is 0.388 e. The summed E-state index contributed by atoms with van der Waals surface area (Å²) in [5.74, 6) is 1.09. The summed E-state index contributed by atoms with van der Waals surface area (Å²) in [6, 6.07) is 13.8. The Balaban J connectivity index is 1.68. The highest BCUT2D eigenvalue weighted by Crippen LogP contribution is 2.27. The van der Waals surface area contributed by atoms with Crippen molar-refractivity contribution in [2.75, 3.05) is 34.3 Å². The van der Waals surface area contributed by atoms with Gasteiger partial charge in [-0.15, -0.1) is 0 Å². The van der Waals surface area contributed by atoms with E-state index in [9.17, 15) is 4.79 Å². The number of carbonyl (C=O) groups excluding carboxylic acids is 1. The first-order valence-electron chi connectivity index (χ1n) is 8.77. The Morgan fingerprint density at radius 3 is 2.64 bits per heavy atom. The average Bonchev–Trinajstić information content (AvgIpc) is 2.93. The summed E-state index contributed by atoms with van der Waals surface area (Å²) < 4.78 is 2.34. The van der Waals surface area contributed by atoms with Gasteiger partial charge in [-0.3, -0.25) is 4.79 Å². The molecular formula is C20H25N3OS. The summed E-state index contributed by atoms with van der Waals surface area (Å²) >= 11 is 1.89. The van der Waals surface area contributed by atoms with Crippen molar-refractivity contribution >= 4 is 34.9 Å². The lowest BCUT2D eigenvalue weighted by Gasteiger charge is -2.21. The van der Waals surface area contributed by atoms with Crippen molar-refractivity contribution in [3.8, 4) is 0 Å². The van der Waals surface area contributed by atoms with Gasteiger partial charge in [0.2, 0.25) is 0 Å². The number of amides is 1. The Kier molecular flexibility index (Phi) is 5.87. The third-order valence-electron chi connectivity index (χ3n) is 4.43. The molecule has 1 aliphatic heterocycles. The van der Waals surface area contributed by atoms with Gasteiger partial charge in [0, 0.05) is 42.0 Å². The minimum atomic E-state index is -0.0824. The van der Waals surface area contributed by atoms with Gasteiger partial charge in [0.25, 0.3) is 5.91 Å². The summed E-state index contributed by atoms with van der Waals surface area (Å²) in [6.07, 6.45) is 3.82. The number of hydrogen-bond donors (Lipinski definition) is 2. The molecule has 1 fully saturated rings. The summed E-state index contributed by atoms with van der Waals surface area (Å²) in [7, 11) is 1.88. The fraction of sp³-hybridized carbons (Fsp3) is 0.350. The van der Waals surface area contributed by atoms with Crippen LogP contribution in [0.1, 0.15) is 35.2 Å². The van der Waals surface area contributed by atoms with Gasteiger partial charge in [0.1, 0.15) is 0 Å². The topological polar surface area (TPSA) is 44.4 Å². The Bertz CT molecular complexity index is 722. The Morgan fingerprint density at radius 1 is 1.08 bits per heavy atom. The van der Waals surface area contributed by atoms with Gasteiger partial charge in [0.15, 0.2) is 0 Å². The zero-order valence-corrected chi connectivity index (χ0v) is 15.7. The van der Waals surface area contributed by atoms with Crippen LogP contribution in [0.5, 0.6) is 0 Å². The number of aryl methyl sites for hydroxylation is 1. The van der Waals surface area contributed by atoms with E-state index < -0.39 is 0 Å². The predicted octanol–water partition coefficient (Wildman–Crippen LogP) is 4.93. The zero-order valence-electron chi connectivity index (χ0n) is 14.8. The van der Waals surface area contributed by atoms with E-state index in [4.69, 9.17) is 0 Å². The predicted molar refractivity (Wildman–Crippen MR) is 109 cm³/mol. The molecule has 0 bridgehead atoms. The molecular weight excluding hydrogens is 330 g/mol. The second-order valence-corrected chi connectivity index (χ2v) is 7.38. The standard InChI is InChI=1S/C20H25N3OS/c1-15-6-9-17(14-19(15)21-2)22-20(24)16-7-10-18(11-8-16)23-12-4-3-5-13-25-23/h6-11,14,21H,3-5,12-13H2,1-2H3,(H,22,24). The van der Waals surface area contributed by atoms with Gasteiger partial charge in [-0.1, -0.05) is 12.5 Å². The number of carbonyl (C=O) groups is 1. The minimum absolute atomic E-state index is 0.0824. The second kappa shape index (κ2) is 8.30. The number of anilines is 3. The van der Waals surface area contributed by atoms with E-state index in [2.05, 4.69) is 14.9 Å². The molecule has 1 saturated heterocycles. The average molecular weight is 356 g/mol. The lowest BCUT2D eigenvalue weighted by Crippen LogP contribution is -2.15. The van der Waals surface area contributed by atoms with Crippen LogP contribution in [0.3, 0.4) is 0 Å². The molecule has 3 rings (SSSR count). The van der Waals surface area contributed by atoms with Gasteiger partial charge >= 0.3 is 0 Å². The number of rotatable bonds is 4. The zero-order chi connectivity index (χ0) is 17.6. The monoisotopic (exact) mass is 355 g/mol. The molecule has 0 aromatic heterocycles. The van der Waals surface area contributed by atoms with Crippen molar-refractivity contribution in [3.05, 3.63) is 53.6 Å².